The molecule has 0 saturated carbocycles. The number of carbonyl (C=O) groups is 2. The zero-order valence-electron chi connectivity index (χ0n) is 12.1. The fraction of sp³-hybridized carbons (Fsp3) is 0.467. The molecule has 0 heterocycles. The van der Waals surface area contributed by atoms with Crippen LogP contribution >= 0.6 is 0 Å². The summed E-state index contributed by atoms with van der Waals surface area (Å²) < 4.78 is 5.20. The topological polar surface area (TPSA) is 75.6 Å². The highest BCUT2D eigenvalue weighted by Crippen LogP contribution is 2.20. The first-order chi connectivity index (χ1) is 9.47. The zero-order chi connectivity index (χ0) is 15.1. The molecule has 0 saturated heterocycles. The third-order valence-electron chi connectivity index (χ3n) is 3.00. The van der Waals surface area contributed by atoms with Gasteiger partial charge in [-0.1, -0.05) is 31.0 Å². The average Bonchev–Trinajstić information content (AvgIpc) is 2.38. The van der Waals surface area contributed by atoms with Crippen molar-refractivity contribution in [1.29, 1.82) is 0 Å². The number of benzene rings is 1. The molecule has 2 N–H and O–H groups in total. The van der Waals surface area contributed by atoms with Crippen molar-refractivity contribution in [3.05, 3.63) is 29.3 Å². The second-order valence-electron chi connectivity index (χ2n) is 4.74. The number of rotatable bonds is 7. The largest absolute Gasteiger partial charge is 0.496 e. The Morgan fingerprint density at radius 3 is 2.65 bits per heavy atom. The van der Waals surface area contributed by atoms with Gasteiger partial charge >= 0.3 is 5.97 Å². The van der Waals surface area contributed by atoms with Crippen LogP contribution < -0.4 is 10.1 Å². The number of carboxylic acids is 1. The van der Waals surface area contributed by atoms with Gasteiger partial charge in [-0.15, -0.1) is 0 Å². The molecular weight excluding hydrogens is 258 g/mol. The number of methoxy groups -OCH3 is 1. The number of aliphatic carboxylic acids is 1. The molecule has 5 heteroatoms. The van der Waals surface area contributed by atoms with Crippen LogP contribution in [0.4, 0.5) is 0 Å². The smallest absolute Gasteiger partial charge is 0.326 e. The van der Waals surface area contributed by atoms with Gasteiger partial charge in [0, 0.05) is 5.56 Å². The second-order valence-corrected chi connectivity index (χ2v) is 4.74. The van der Waals surface area contributed by atoms with E-state index in [0.717, 1.165) is 11.1 Å². The Balaban J connectivity index is 2.75. The van der Waals surface area contributed by atoms with Crippen LogP contribution in [-0.2, 0) is 16.0 Å². The van der Waals surface area contributed by atoms with E-state index < -0.39 is 12.0 Å². The summed E-state index contributed by atoms with van der Waals surface area (Å²) in [6.07, 6.45) is 1.23. The summed E-state index contributed by atoms with van der Waals surface area (Å²) in [5.41, 5.74) is 1.78. The van der Waals surface area contributed by atoms with Crippen LogP contribution in [0.15, 0.2) is 18.2 Å². The number of nitrogens with one attached hydrogen (secondary N) is 1. The first-order valence-corrected chi connectivity index (χ1v) is 6.63. The van der Waals surface area contributed by atoms with Gasteiger partial charge in [0.2, 0.25) is 5.91 Å². The summed E-state index contributed by atoms with van der Waals surface area (Å²) in [5.74, 6) is -0.681. The molecule has 0 radical (unpaired) electrons. The van der Waals surface area contributed by atoms with Crippen LogP contribution in [0.25, 0.3) is 0 Å². The number of hydrogen-bond donors (Lipinski definition) is 2. The first kappa shape index (κ1) is 16.0. The quantitative estimate of drug-likeness (QED) is 0.799. The van der Waals surface area contributed by atoms with E-state index in [1.165, 1.54) is 0 Å². The SMILES string of the molecule is CCC[C@H](NC(=O)Cc1cc(C)ccc1OC)C(=O)O. The predicted molar refractivity (Wildman–Crippen MR) is 75.9 cm³/mol. The van der Waals surface area contributed by atoms with E-state index >= 15 is 0 Å². The molecule has 0 unspecified atom stereocenters. The molecule has 0 spiro atoms. The summed E-state index contributed by atoms with van der Waals surface area (Å²) in [7, 11) is 1.54. The molecule has 1 rings (SSSR count). The van der Waals surface area contributed by atoms with Gasteiger partial charge in [0.05, 0.1) is 13.5 Å². The lowest BCUT2D eigenvalue weighted by Crippen LogP contribution is -2.41. The number of amides is 1. The minimum absolute atomic E-state index is 0.109. The van der Waals surface area contributed by atoms with E-state index in [4.69, 9.17) is 9.84 Å². The molecular formula is C15H21NO4. The molecule has 1 amide bonds. The van der Waals surface area contributed by atoms with E-state index in [9.17, 15) is 9.59 Å². The Labute approximate surface area is 118 Å². The first-order valence-electron chi connectivity index (χ1n) is 6.63. The van der Waals surface area contributed by atoms with Crippen LogP contribution in [0.1, 0.15) is 30.9 Å². The summed E-state index contributed by atoms with van der Waals surface area (Å²) in [6.45, 7) is 3.81. The average molecular weight is 279 g/mol. The third-order valence-corrected chi connectivity index (χ3v) is 3.00. The molecule has 0 fully saturated rings. The normalized spacial score (nSPS) is 11.8. The summed E-state index contributed by atoms with van der Waals surface area (Å²) in [5, 5.41) is 11.6. The number of aryl methyl sites for hydroxylation is 1. The Kier molecular flexibility index (Phi) is 6.03. The highest BCUT2D eigenvalue weighted by Gasteiger charge is 2.19. The monoisotopic (exact) mass is 279 g/mol. The van der Waals surface area contributed by atoms with Crippen LogP contribution in [0.2, 0.25) is 0 Å². The van der Waals surface area contributed by atoms with Crippen molar-refractivity contribution >= 4 is 11.9 Å². The molecule has 0 aliphatic heterocycles. The molecule has 0 aliphatic carbocycles. The Morgan fingerprint density at radius 2 is 2.10 bits per heavy atom. The lowest BCUT2D eigenvalue weighted by Gasteiger charge is -2.14. The van der Waals surface area contributed by atoms with Crippen LogP contribution in [0.3, 0.4) is 0 Å². The highest BCUT2D eigenvalue weighted by molar-refractivity contribution is 5.85. The highest BCUT2D eigenvalue weighted by atomic mass is 16.5. The molecule has 1 atom stereocenters. The number of hydrogen-bond acceptors (Lipinski definition) is 3. The van der Waals surface area contributed by atoms with Crippen molar-refractivity contribution in [3.63, 3.8) is 0 Å². The van der Waals surface area contributed by atoms with E-state index in [1.54, 1.807) is 13.2 Å². The van der Waals surface area contributed by atoms with E-state index in [1.807, 2.05) is 26.0 Å². The van der Waals surface area contributed by atoms with Crippen molar-refractivity contribution in [2.45, 2.75) is 39.2 Å². The fourth-order valence-electron chi connectivity index (χ4n) is 2.01. The van der Waals surface area contributed by atoms with Gasteiger partial charge in [-0.2, -0.15) is 0 Å². The molecule has 0 aromatic heterocycles. The predicted octanol–water partition coefficient (Wildman–Crippen LogP) is 1.92. The van der Waals surface area contributed by atoms with Gasteiger partial charge in [0.25, 0.3) is 0 Å². The van der Waals surface area contributed by atoms with Crippen molar-refractivity contribution in [3.8, 4) is 5.75 Å². The number of ether oxygens (including phenoxy) is 1. The second kappa shape index (κ2) is 7.53. The van der Waals surface area contributed by atoms with Crippen molar-refractivity contribution < 1.29 is 19.4 Å². The molecule has 0 aliphatic rings. The van der Waals surface area contributed by atoms with E-state index in [0.29, 0.717) is 18.6 Å². The van der Waals surface area contributed by atoms with Crippen molar-refractivity contribution in [1.82, 2.24) is 5.32 Å². The lowest BCUT2D eigenvalue weighted by molar-refractivity contribution is -0.141. The maximum Gasteiger partial charge on any atom is 0.326 e. The van der Waals surface area contributed by atoms with Crippen LogP contribution in [0, 0.1) is 6.92 Å². The van der Waals surface area contributed by atoms with Gasteiger partial charge in [-0.25, -0.2) is 4.79 Å². The van der Waals surface area contributed by atoms with Gasteiger partial charge in [-0.3, -0.25) is 4.79 Å². The van der Waals surface area contributed by atoms with Crippen LogP contribution in [-0.4, -0.2) is 30.1 Å². The third kappa shape index (κ3) is 4.57. The minimum Gasteiger partial charge on any atom is -0.496 e. The van der Waals surface area contributed by atoms with Gasteiger partial charge in [0.1, 0.15) is 11.8 Å². The van der Waals surface area contributed by atoms with Crippen LogP contribution in [0.5, 0.6) is 5.75 Å². The molecule has 1 aromatic carbocycles. The molecule has 110 valence electrons. The van der Waals surface area contributed by atoms with Crippen molar-refractivity contribution in [2.24, 2.45) is 0 Å². The summed E-state index contributed by atoms with van der Waals surface area (Å²) in [6, 6.07) is 4.74. The van der Waals surface area contributed by atoms with Crippen molar-refractivity contribution in [2.75, 3.05) is 7.11 Å². The maximum atomic E-state index is 12.0. The number of carboxylic acid groups (broad SMARTS) is 1. The Hall–Kier alpha value is -2.04. The minimum atomic E-state index is -1.00. The fourth-order valence-corrected chi connectivity index (χ4v) is 2.01. The Morgan fingerprint density at radius 1 is 1.40 bits per heavy atom. The lowest BCUT2D eigenvalue weighted by atomic mass is 10.1. The summed E-state index contributed by atoms with van der Waals surface area (Å²) in [4.78, 5) is 23.0. The molecule has 1 aromatic rings. The van der Waals surface area contributed by atoms with E-state index in [2.05, 4.69) is 5.32 Å². The number of carbonyl (C=O) groups excluding carboxylic acids is 1. The van der Waals surface area contributed by atoms with Gasteiger partial charge in [0.15, 0.2) is 0 Å². The molecule has 20 heavy (non-hydrogen) atoms. The standard InChI is InChI=1S/C15H21NO4/c1-4-5-12(15(18)19)16-14(17)9-11-8-10(2)6-7-13(11)20-3/h6-8,12H,4-5,9H2,1-3H3,(H,16,17)(H,18,19)/t12-/m0/s1. The van der Waals surface area contributed by atoms with E-state index in [-0.39, 0.29) is 12.3 Å². The molecule has 5 nitrogen and oxygen atoms in total. The summed E-state index contributed by atoms with van der Waals surface area (Å²) >= 11 is 0. The van der Waals surface area contributed by atoms with Gasteiger partial charge < -0.3 is 15.2 Å². The zero-order valence-corrected chi connectivity index (χ0v) is 12.1. The Bertz CT molecular complexity index is 485. The molecule has 0 bridgehead atoms. The van der Waals surface area contributed by atoms with Gasteiger partial charge in [-0.05, 0) is 19.4 Å². The maximum absolute atomic E-state index is 12.0.